The standard InChI is InChI=1S/C25H25N3O3S/c1-25(2,3)23(29)20-15-26-24-22(20)28-21(16-27-24)18-9-7-8-17(14-18)12-13-32(30,31)19-10-5-4-6-11-19/h4-11,14-16H,12-13H2,1-3H3,(H,26,27). The smallest absolute Gasteiger partial charge is 0.178 e. The molecular formula is C25H25N3O3S. The minimum Gasteiger partial charge on any atom is -0.344 e. The lowest BCUT2D eigenvalue weighted by atomic mass is 9.87. The normalized spacial score (nSPS) is 12.2. The van der Waals surface area contributed by atoms with Crippen molar-refractivity contribution < 1.29 is 13.2 Å². The molecule has 0 aliphatic heterocycles. The lowest BCUT2D eigenvalue weighted by Gasteiger charge is -2.15. The Morgan fingerprint density at radius 3 is 2.50 bits per heavy atom. The number of aromatic amines is 1. The third kappa shape index (κ3) is 4.48. The van der Waals surface area contributed by atoms with Crippen LogP contribution in [0, 0.1) is 5.41 Å². The first-order chi connectivity index (χ1) is 15.1. The van der Waals surface area contributed by atoms with Crippen LogP contribution in [-0.2, 0) is 16.3 Å². The number of hydrogen-bond acceptors (Lipinski definition) is 5. The molecule has 0 aliphatic rings. The second-order valence-electron chi connectivity index (χ2n) is 8.82. The summed E-state index contributed by atoms with van der Waals surface area (Å²) in [5, 5.41) is 0. The number of Topliss-reactive ketones (excluding diaryl/α,β-unsaturated/α-hetero) is 1. The van der Waals surface area contributed by atoms with E-state index in [1.807, 2.05) is 45.0 Å². The predicted molar refractivity (Wildman–Crippen MR) is 125 cm³/mol. The maximum Gasteiger partial charge on any atom is 0.178 e. The Morgan fingerprint density at radius 2 is 1.78 bits per heavy atom. The molecule has 0 spiro atoms. The summed E-state index contributed by atoms with van der Waals surface area (Å²) in [4.78, 5) is 25.3. The molecular weight excluding hydrogens is 422 g/mol. The molecule has 1 N–H and O–H groups in total. The summed E-state index contributed by atoms with van der Waals surface area (Å²) in [6.07, 6.45) is 3.70. The number of hydrogen-bond donors (Lipinski definition) is 1. The Kier molecular flexibility index (Phi) is 5.69. The largest absolute Gasteiger partial charge is 0.344 e. The zero-order valence-corrected chi connectivity index (χ0v) is 19.1. The maximum atomic E-state index is 12.8. The number of rotatable bonds is 6. The highest BCUT2D eigenvalue weighted by Crippen LogP contribution is 2.27. The van der Waals surface area contributed by atoms with Gasteiger partial charge in [0, 0.05) is 17.2 Å². The van der Waals surface area contributed by atoms with Crippen LogP contribution in [0.5, 0.6) is 0 Å². The van der Waals surface area contributed by atoms with E-state index in [0.29, 0.717) is 33.7 Å². The Hall–Kier alpha value is -3.32. The van der Waals surface area contributed by atoms with E-state index in [-0.39, 0.29) is 11.5 Å². The number of H-pyrrole nitrogens is 1. The maximum absolute atomic E-state index is 12.8. The second kappa shape index (κ2) is 8.31. The highest BCUT2D eigenvalue weighted by molar-refractivity contribution is 7.91. The minimum atomic E-state index is -3.36. The van der Waals surface area contributed by atoms with E-state index in [1.54, 1.807) is 42.7 Å². The summed E-state index contributed by atoms with van der Waals surface area (Å²) < 4.78 is 25.2. The SMILES string of the molecule is CC(C)(C)C(=O)c1c[nH]c2ncc(-c3cccc(CCS(=O)(=O)c4ccccc4)c3)nc12. The van der Waals surface area contributed by atoms with Crippen molar-refractivity contribution in [2.45, 2.75) is 32.1 Å². The lowest BCUT2D eigenvalue weighted by molar-refractivity contribution is 0.0860. The molecule has 2 heterocycles. The fourth-order valence-electron chi connectivity index (χ4n) is 3.49. The van der Waals surface area contributed by atoms with Crippen molar-refractivity contribution in [3.8, 4) is 11.3 Å². The number of benzene rings is 2. The Balaban J connectivity index is 1.61. The summed E-state index contributed by atoms with van der Waals surface area (Å²) in [7, 11) is -3.36. The highest BCUT2D eigenvalue weighted by Gasteiger charge is 2.26. The van der Waals surface area contributed by atoms with Gasteiger partial charge >= 0.3 is 0 Å². The van der Waals surface area contributed by atoms with E-state index in [4.69, 9.17) is 4.98 Å². The van der Waals surface area contributed by atoms with Crippen molar-refractivity contribution in [1.29, 1.82) is 0 Å². The van der Waals surface area contributed by atoms with Crippen molar-refractivity contribution in [3.63, 3.8) is 0 Å². The number of ketones is 1. The zero-order chi connectivity index (χ0) is 22.9. The molecule has 4 rings (SSSR count). The first kappa shape index (κ1) is 21.9. The van der Waals surface area contributed by atoms with Crippen LogP contribution in [0.2, 0.25) is 0 Å². The van der Waals surface area contributed by atoms with Crippen LogP contribution in [0.4, 0.5) is 0 Å². The molecule has 0 saturated heterocycles. The van der Waals surface area contributed by atoms with Gasteiger partial charge in [-0.05, 0) is 30.2 Å². The minimum absolute atomic E-state index is 0.00457. The third-order valence-corrected chi connectivity index (χ3v) is 7.02. The molecule has 0 unspecified atom stereocenters. The van der Waals surface area contributed by atoms with Gasteiger partial charge in [0.1, 0.15) is 5.52 Å². The number of carbonyl (C=O) groups is 1. The molecule has 0 aliphatic carbocycles. The molecule has 2 aromatic carbocycles. The monoisotopic (exact) mass is 447 g/mol. The van der Waals surface area contributed by atoms with Crippen LogP contribution in [0.15, 0.2) is 71.9 Å². The van der Waals surface area contributed by atoms with Crippen molar-refractivity contribution in [3.05, 3.63) is 78.1 Å². The molecule has 0 fully saturated rings. The van der Waals surface area contributed by atoms with Crippen LogP contribution in [-0.4, -0.2) is 34.9 Å². The number of fused-ring (bicyclic) bond motifs is 1. The van der Waals surface area contributed by atoms with Gasteiger partial charge in [-0.15, -0.1) is 0 Å². The Morgan fingerprint density at radius 1 is 1.03 bits per heavy atom. The topological polar surface area (TPSA) is 92.8 Å². The number of carbonyl (C=O) groups excluding carboxylic acids is 1. The average molecular weight is 448 g/mol. The van der Waals surface area contributed by atoms with Gasteiger partial charge in [-0.2, -0.15) is 0 Å². The fraction of sp³-hybridized carbons (Fsp3) is 0.240. The van der Waals surface area contributed by atoms with Gasteiger partial charge in [0.25, 0.3) is 0 Å². The van der Waals surface area contributed by atoms with Crippen molar-refractivity contribution in [1.82, 2.24) is 15.0 Å². The van der Waals surface area contributed by atoms with E-state index in [1.165, 1.54) is 0 Å². The van der Waals surface area contributed by atoms with E-state index >= 15 is 0 Å². The molecule has 4 aromatic rings. The van der Waals surface area contributed by atoms with Crippen molar-refractivity contribution >= 4 is 26.8 Å². The first-order valence-corrected chi connectivity index (χ1v) is 12.1. The van der Waals surface area contributed by atoms with Crippen molar-refractivity contribution in [2.24, 2.45) is 5.41 Å². The third-order valence-electron chi connectivity index (χ3n) is 5.29. The number of sulfone groups is 1. The van der Waals surface area contributed by atoms with Gasteiger partial charge in [0.15, 0.2) is 21.3 Å². The summed E-state index contributed by atoms with van der Waals surface area (Å²) in [5.41, 5.74) is 3.44. The number of nitrogens with zero attached hydrogens (tertiary/aromatic N) is 2. The number of aromatic nitrogens is 3. The molecule has 0 radical (unpaired) electrons. The summed E-state index contributed by atoms with van der Waals surface area (Å²) in [6, 6.07) is 16.1. The van der Waals surface area contributed by atoms with Crippen LogP contribution in [0.1, 0.15) is 36.7 Å². The van der Waals surface area contributed by atoms with Crippen LogP contribution >= 0.6 is 0 Å². The quantitative estimate of drug-likeness (QED) is 0.426. The fourth-order valence-corrected chi connectivity index (χ4v) is 4.80. The molecule has 7 heteroatoms. The van der Waals surface area contributed by atoms with Gasteiger partial charge in [-0.1, -0.05) is 57.2 Å². The molecule has 164 valence electrons. The van der Waals surface area contributed by atoms with E-state index in [0.717, 1.165) is 11.1 Å². The molecule has 0 bridgehead atoms. The molecule has 0 amide bonds. The highest BCUT2D eigenvalue weighted by atomic mass is 32.2. The van der Waals surface area contributed by atoms with Gasteiger partial charge in [-0.25, -0.2) is 18.4 Å². The molecule has 32 heavy (non-hydrogen) atoms. The summed E-state index contributed by atoms with van der Waals surface area (Å²) >= 11 is 0. The summed E-state index contributed by atoms with van der Waals surface area (Å²) in [5.74, 6) is 0.0165. The predicted octanol–water partition coefficient (Wildman–Crippen LogP) is 4.87. The van der Waals surface area contributed by atoms with Crippen LogP contribution in [0.3, 0.4) is 0 Å². The van der Waals surface area contributed by atoms with E-state index in [2.05, 4.69) is 9.97 Å². The molecule has 2 aromatic heterocycles. The Labute approximate surface area is 187 Å². The number of nitrogens with one attached hydrogen (secondary N) is 1. The van der Waals surface area contributed by atoms with Gasteiger partial charge in [0.05, 0.1) is 28.1 Å². The van der Waals surface area contributed by atoms with Gasteiger partial charge in [0.2, 0.25) is 0 Å². The molecule has 0 atom stereocenters. The molecule has 0 saturated carbocycles. The van der Waals surface area contributed by atoms with Gasteiger partial charge in [-0.3, -0.25) is 4.79 Å². The number of aryl methyl sites for hydroxylation is 1. The lowest BCUT2D eigenvalue weighted by Crippen LogP contribution is -2.20. The first-order valence-electron chi connectivity index (χ1n) is 10.4. The molecule has 6 nitrogen and oxygen atoms in total. The zero-order valence-electron chi connectivity index (χ0n) is 18.3. The van der Waals surface area contributed by atoms with Crippen LogP contribution < -0.4 is 0 Å². The van der Waals surface area contributed by atoms with E-state index in [9.17, 15) is 13.2 Å². The second-order valence-corrected chi connectivity index (χ2v) is 10.9. The van der Waals surface area contributed by atoms with Crippen molar-refractivity contribution in [2.75, 3.05) is 5.75 Å². The Bertz CT molecular complexity index is 1380. The average Bonchev–Trinajstić information content (AvgIpc) is 3.20. The van der Waals surface area contributed by atoms with Crippen LogP contribution in [0.25, 0.3) is 22.4 Å². The van der Waals surface area contributed by atoms with E-state index < -0.39 is 15.3 Å². The summed E-state index contributed by atoms with van der Waals surface area (Å²) in [6.45, 7) is 5.62. The van der Waals surface area contributed by atoms with Gasteiger partial charge < -0.3 is 4.98 Å².